The quantitative estimate of drug-likeness (QED) is 0.876. The number of hydrogen-bond donors (Lipinski definition) is 1. The van der Waals surface area contributed by atoms with Gasteiger partial charge in [0.2, 0.25) is 0 Å². The van der Waals surface area contributed by atoms with Gasteiger partial charge in [-0.05, 0) is 42.0 Å². The van der Waals surface area contributed by atoms with Crippen molar-refractivity contribution in [1.82, 2.24) is 0 Å². The van der Waals surface area contributed by atoms with E-state index in [9.17, 15) is 5.11 Å². The molecular weight excluding hydrogens is 240 g/mol. The molecule has 1 nitrogen and oxygen atoms in total. The number of benzene rings is 1. The second kappa shape index (κ2) is 4.28. The average Bonchev–Trinajstić information content (AvgIpc) is 2.97. The molecule has 0 heterocycles. The molecule has 0 aromatic heterocycles. The van der Waals surface area contributed by atoms with Crippen LogP contribution < -0.4 is 0 Å². The van der Waals surface area contributed by atoms with Gasteiger partial charge in [-0.1, -0.05) is 34.1 Å². The van der Waals surface area contributed by atoms with Crippen molar-refractivity contribution in [2.45, 2.75) is 12.8 Å². The average molecular weight is 253 g/mol. The number of aliphatic hydroxyl groups is 1. The van der Waals surface area contributed by atoms with Crippen LogP contribution in [0.5, 0.6) is 0 Å². The Morgan fingerprint density at radius 3 is 2.86 bits per heavy atom. The molecule has 2 rings (SSSR count). The Bertz CT molecular complexity index is 353. The SMILES string of the molecule is OC/C(=C\c1cccc(Br)c1)C1CC1. The van der Waals surface area contributed by atoms with Gasteiger partial charge in [0.1, 0.15) is 0 Å². The molecule has 74 valence electrons. The molecular formula is C12H13BrO. The van der Waals surface area contributed by atoms with Gasteiger partial charge in [0.05, 0.1) is 6.61 Å². The molecule has 0 spiro atoms. The molecule has 1 aromatic rings. The highest BCUT2D eigenvalue weighted by Gasteiger charge is 2.24. The van der Waals surface area contributed by atoms with E-state index in [0.29, 0.717) is 5.92 Å². The zero-order chi connectivity index (χ0) is 9.97. The predicted molar refractivity (Wildman–Crippen MR) is 61.9 cm³/mol. The molecule has 0 amide bonds. The minimum atomic E-state index is 0.192. The number of halogens is 1. The van der Waals surface area contributed by atoms with Crippen molar-refractivity contribution in [1.29, 1.82) is 0 Å². The third-order valence-corrected chi connectivity index (χ3v) is 2.98. The molecule has 0 radical (unpaired) electrons. The van der Waals surface area contributed by atoms with Crippen LogP contribution in [0.4, 0.5) is 0 Å². The molecule has 1 N–H and O–H groups in total. The van der Waals surface area contributed by atoms with Gasteiger partial charge in [0.25, 0.3) is 0 Å². The fourth-order valence-corrected chi connectivity index (χ4v) is 1.97. The number of hydrogen-bond acceptors (Lipinski definition) is 1. The highest BCUT2D eigenvalue weighted by atomic mass is 79.9. The Kier molecular flexibility index (Phi) is 3.04. The van der Waals surface area contributed by atoms with Gasteiger partial charge >= 0.3 is 0 Å². The summed E-state index contributed by atoms with van der Waals surface area (Å²) in [4.78, 5) is 0. The Morgan fingerprint density at radius 2 is 2.29 bits per heavy atom. The van der Waals surface area contributed by atoms with Crippen LogP contribution in [-0.4, -0.2) is 11.7 Å². The Morgan fingerprint density at radius 1 is 1.50 bits per heavy atom. The molecule has 0 atom stereocenters. The van der Waals surface area contributed by atoms with Crippen molar-refractivity contribution >= 4 is 22.0 Å². The second-order valence-electron chi connectivity index (χ2n) is 3.71. The zero-order valence-electron chi connectivity index (χ0n) is 7.91. The van der Waals surface area contributed by atoms with Gasteiger partial charge in [0, 0.05) is 4.47 Å². The van der Waals surface area contributed by atoms with Crippen molar-refractivity contribution in [2.75, 3.05) is 6.61 Å². The van der Waals surface area contributed by atoms with Gasteiger partial charge in [0.15, 0.2) is 0 Å². The Balaban J connectivity index is 2.21. The van der Waals surface area contributed by atoms with Gasteiger partial charge in [-0.15, -0.1) is 0 Å². The summed E-state index contributed by atoms with van der Waals surface area (Å²) in [6, 6.07) is 8.14. The monoisotopic (exact) mass is 252 g/mol. The number of rotatable bonds is 3. The lowest BCUT2D eigenvalue weighted by atomic mass is 10.1. The minimum absolute atomic E-state index is 0.192. The maximum atomic E-state index is 9.19. The molecule has 0 bridgehead atoms. The summed E-state index contributed by atoms with van der Waals surface area (Å²) < 4.78 is 1.08. The lowest BCUT2D eigenvalue weighted by molar-refractivity contribution is 0.326. The van der Waals surface area contributed by atoms with E-state index in [1.807, 2.05) is 12.1 Å². The molecule has 1 aliphatic rings. The first kappa shape index (κ1) is 9.94. The standard InChI is InChI=1S/C12H13BrO/c13-12-3-1-2-9(7-12)6-11(8-14)10-4-5-10/h1-3,6-7,10,14H,4-5,8H2/b11-6+. The molecule has 0 unspecified atom stereocenters. The van der Waals surface area contributed by atoms with Crippen LogP contribution in [0.1, 0.15) is 18.4 Å². The summed E-state index contributed by atoms with van der Waals surface area (Å²) in [5.41, 5.74) is 2.33. The predicted octanol–water partition coefficient (Wildman–Crippen LogP) is 3.23. The van der Waals surface area contributed by atoms with E-state index in [2.05, 4.69) is 34.1 Å². The van der Waals surface area contributed by atoms with Crippen LogP contribution in [0.3, 0.4) is 0 Å². The lowest BCUT2D eigenvalue weighted by Crippen LogP contribution is -1.92. The molecule has 1 saturated carbocycles. The van der Waals surface area contributed by atoms with E-state index in [-0.39, 0.29) is 6.61 Å². The Hall–Kier alpha value is -0.600. The van der Waals surface area contributed by atoms with E-state index >= 15 is 0 Å². The summed E-state index contributed by atoms with van der Waals surface area (Å²) in [6.45, 7) is 0.192. The van der Waals surface area contributed by atoms with E-state index in [1.165, 1.54) is 18.4 Å². The van der Waals surface area contributed by atoms with Gasteiger partial charge in [-0.25, -0.2) is 0 Å². The lowest BCUT2D eigenvalue weighted by Gasteiger charge is -2.01. The van der Waals surface area contributed by atoms with E-state index in [4.69, 9.17) is 0 Å². The number of aliphatic hydroxyl groups excluding tert-OH is 1. The fraction of sp³-hybridized carbons (Fsp3) is 0.333. The summed E-state index contributed by atoms with van der Waals surface area (Å²) in [6.07, 6.45) is 4.57. The van der Waals surface area contributed by atoms with Gasteiger partial charge < -0.3 is 5.11 Å². The van der Waals surface area contributed by atoms with Crippen molar-refractivity contribution < 1.29 is 5.11 Å². The van der Waals surface area contributed by atoms with Crippen LogP contribution in [0.2, 0.25) is 0 Å². The maximum Gasteiger partial charge on any atom is 0.0647 e. The molecule has 1 aromatic carbocycles. The third kappa shape index (κ3) is 2.46. The van der Waals surface area contributed by atoms with Crippen LogP contribution in [0.15, 0.2) is 34.3 Å². The molecule has 1 aliphatic carbocycles. The largest absolute Gasteiger partial charge is 0.392 e. The molecule has 2 heteroatoms. The van der Waals surface area contributed by atoms with E-state index in [1.54, 1.807) is 0 Å². The van der Waals surface area contributed by atoms with Crippen molar-refractivity contribution in [3.63, 3.8) is 0 Å². The molecule has 14 heavy (non-hydrogen) atoms. The minimum Gasteiger partial charge on any atom is -0.392 e. The van der Waals surface area contributed by atoms with E-state index < -0.39 is 0 Å². The first-order chi connectivity index (χ1) is 6.79. The fourth-order valence-electron chi connectivity index (χ4n) is 1.56. The Labute approximate surface area is 92.6 Å². The molecule has 0 saturated heterocycles. The summed E-state index contributed by atoms with van der Waals surface area (Å²) in [7, 11) is 0. The summed E-state index contributed by atoms with van der Waals surface area (Å²) in [5, 5.41) is 9.19. The van der Waals surface area contributed by atoms with Crippen LogP contribution >= 0.6 is 15.9 Å². The first-order valence-corrected chi connectivity index (χ1v) is 5.66. The second-order valence-corrected chi connectivity index (χ2v) is 4.62. The van der Waals surface area contributed by atoms with Crippen LogP contribution in [0, 0.1) is 5.92 Å². The topological polar surface area (TPSA) is 20.2 Å². The van der Waals surface area contributed by atoms with Crippen molar-refractivity contribution in [3.8, 4) is 0 Å². The van der Waals surface area contributed by atoms with E-state index in [0.717, 1.165) is 10.0 Å². The zero-order valence-corrected chi connectivity index (χ0v) is 9.50. The van der Waals surface area contributed by atoms with Crippen LogP contribution in [0.25, 0.3) is 6.08 Å². The van der Waals surface area contributed by atoms with Crippen LogP contribution in [-0.2, 0) is 0 Å². The highest BCUT2D eigenvalue weighted by Crippen LogP contribution is 2.37. The third-order valence-electron chi connectivity index (χ3n) is 2.49. The highest BCUT2D eigenvalue weighted by molar-refractivity contribution is 9.10. The van der Waals surface area contributed by atoms with Gasteiger partial charge in [-0.3, -0.25) is 0 Å². The maximum absolute atomic E-state index is 9.19. The molecule has 0 aliphatic heterocycles. The molecule has 1 fully saturated rings. The van der Waals surface area contributed by atoms with Crippen molar-refractivity contribution in [3.05, 3.63) is 39.9 Å². The van der Waals surface area contributed by atoms with Gasteiger partial charge in [-0.2, -0.15) is 0 Å². The van der Waals surface area contributed by atoms with Crippen molar-refractivity contribution in [2.24, 2.45) is 5.92 Å². The first-order valence-electron chi connectivity index (χ1n) is 4.86. The smallest absolute Gasteiger partial charge is 0.0647 e. The normalized spacial score (nSPS) is 17.1. The summed E-state index contributed by atoms with van der Waals surface area (Å²) >= 11 is 3.43. The summed E-state index contributed by atoms with van der Waals surface area (Å²) in [5.74, 6) is 0.638.